The first-order chi connectivity index (χ1) is 13.2. The van der Waals surface area contributed by atoms with Gasteiger partial charge in [-0.25, -0.2) is 4.39 Å². The summed E-state index contributed by atoms with van der Waals surface area (Å²) in [5.74, 6) is 1.14. The molecule has 0 radical (unpaired) electrons. The van der Waals surface area contributed by atoms with E-state index in [0.29, 0.717) is 5.75 Å². The van der Waals surface area contributed by atoms with Crippen LogP contribution in [0.2, 0.25) is 0 Å². The highest BCUT2D eigenvalue weighted by atomic mass is 32.2. The Bertz CT molecular complexity index is 1060. The van der Waals surface area contributed by atoms with E-state index in [2.05, 4.69) is 38.8 Å². The van der Waals surface area contributed by atoms with Crippen molar-refractivity contribution in [2.24, 2.45) is 0 Å². The van der Waals surface area contributed by atoms with E-state index in [1.807, 2.05) is 30.3 Å². The van der Waals surface area contributed by atoms with Gasteiger partial charge >= 0.3 is 0 Å². The number of nitrogens with zero attached hydrogens (tertiary/aromatic N) is 4. The van der Waals surface area contributed by atoms with E-state index in [0.717, 1.165) is 33.4 Å². The second kappa shape index (κ2) is 7.72. The first kappa shape index (κ1) is 17.4. The summed E-state index contributed by atoms with van der Waals surface area (Å²) in [6.07, 6.45) is 3.48. The Kier molecular flexibility index (Phi) is 4.98. The van der Waals surface area contributed by atoms with Crippen LogP contribution in [0.25, 0.3) is 17.1 Å². The molecule has 0 aliphatic carbocycles. The highest BCUT2D eigenvalue weighted by Crippen LogP contribution is 2.30. The van der Waals surface area contributed by atoms with Crippen molar-refractivity contribution in [2.45, 2.75) is 17.8 Å². The molecule has 0 N–H and O–H groups in total. The molecule has 0 saturated heterocycles. The largest absolute Gasteiger partial charge is 0.270 e. The number of thioether (sulfide) groups is 1. The molecule has 4 rings (SSSR count). The molecule has 0 aliphatic rings. The Morgan fingerprint density at radius 1 is 0.963 bits per heavy atom. The zero-order valence-corrected chi connectivity index (χ0v) is 15.5. The van der Waals surface area contributed by atoms with Crippen molar-refractivity contribution in [3.8, 4) is 17.1 Å². The average molecular weight is 376 g/mol. The predicted octanol–water partition coefficient (Wildman–Crippen LogP) is 5.07. The van der Waals surface area contributed by atoms with Crippen LogP contribution in [0.5, 0.6) is 0 Å². The lowest BCUT2D eigenvalue weighted by molar-refractivity contribution is 0.626. The molecule has 0 saturated carbocycles. The maximum Gasteiger partial charge on any atom is 0.196 e. The third-order valence-electron chi connectivity index (χ3n) is 4.19. The van der Waals surface area contributed by atoms with Gasteiger partial charge in [0.05, 0.1) is 5.69 Å². The molecule has 0 atom stereocenters. The summed E-state index contributed by atoms with van der Waals surface area (Å²) in [7, 11) is 0. The van der Waals surface area contributed by atoms with Crippen LogP contribution >= 0.6 is 11.8 Å². The highest BCUT2D eigenvalue weighted by Gasteiger charge is 2.17. The van der Waals surface area contributed by atoms with Crippen molar-refractivity contribution in [1.29, 1.82) is 0 Å². The second-order valence-electron chi connectivity index (χ2n) is 6.08. The first-order valence-corrected chi connectivity index (χ1v) is 9.50. The van der Waals surface area contributed by atoms with Gasteiger partial charge < -0.3 is 0 Å². The number of aryl methyl sites for hydroxylation is 1. The molecule has 2 aromatic heterocycles. The minimum absolute atomic E-state index is 0.231. The van der Waals surface area contributed by atoms with Gasteiger partial charge in [-0.1, -0.05) is 42.1 Å². The van der Waals surface area contributed by atoms with Crippen molar-refractivity contribution in [3.63, 3.8) is 0 Å². The lowest BCUT2D eigenvalue weighted by Gasteiger charge is -2.12. The number of pyridine rings is 1. The molecule has 0 aliphatic heterocycles. The van der Waals surface area contributed by atoms with Gasteiger partial charge in [-0.15, -0.1) is 10.2 Å². The van der Waals surface area contributed by atoms with Crippen LogP contribution < -0.4 is 0 Å². The van der Waals surface area contributed by atoms with Crippen LogP contribution in [-0.4, -0.2) is 19.7 Å². The van der Waals surface area contributed by atoms with Gasteiger partial charge in [0, 0.05) is 23.7 Å². The maximum atomic E-state index is 13.5. The average Bonchev–Trinajstić information content (AvgIpc) is 3.11. The molecule has 2 heterocycles. The van der Waals surface area contributed by atoms with Crippen LogP contribution in [0.15, 0.2) is 78.2 Å². The molecule has 4 nitrogen and oxygen atoms in total. The predicted molar refractivity (Wildman–Crippen MR) is 105 cm³/mol. The molecule has 0 fully saturated rings. The number of hydrogen-bond acceptors (Lipinski definition) is 4. The smallest absolute Gasteiger partial charge is 0.196 e. The number of para-hydroxylation sites is 1. The number of aromatic nitrogens is 4. The van der Waals surface area contributed by atoms with Crippen LogP contribution in [0, 0.1) is 12.7 Å². The number of benzene rings is 2. The van der Waals surface area contributed by atoms with Gasteiger partial charge in [0.2, 0.25) is 0 Å². The number of halogens is 1. The summed E-state index contributed by atoms with van der Waals surface area (Å²) in [5.41, 5.74) is 4.00. The Labute approximate surface area is 161 Å². The molecule has 0 unspecified atom stereocenters. The fourth-order valence-electron chi connectivity index (χ4n) is 2.86. The lowest BCUT2D eigenvalue weighted by Crippen LogP contribution is -2.02. The third-order valence-corrected chi connectivity index (χ3v) is 5.19. The molecule has 134 valence electrons. The summed E-state index contributed by atoms with van der Waals surface area (Å²) in [4.78, 5) is 4.08. The summed E-state index contributed by atoms with van der Waals surface area (Å²) < 4.78 is 15.5. The Balaban J connectivity index is 1.76. The van der Waals surface area contributed by atoms with Crippen molar-refractivity contribution < 1.29 is 4.39 Å². The van der Waals surface area contributed by atoms with E-state index < -0.39 is 0 Å². The molecule has 0 amide bonds. The van der Waals surface area contributed by atoms with Gasteiger partial charge in [0.15, 0.2) is 11.0 Å². The van der Waals surface area contributed by atoms with E-state index in [9.17, 15) is 4.39 Å². The van der Waals surface area contributed by atoms with Crippen LogP contribution in [-0.2, 0) is 5.75 Å². The molecule has 6 heteroatoms. The zero-order chi connectivity index (χ0) is 18.6. The Hall–Kier alpha value is -2.99. The fraction of sp³-hybridized carbons (Fsp3) is 0.0952. The van der Waals surface area contributed by atoms with Crippen molar-refractivity contribution in [1.82, 2.24) is 19.7 Å². The minimum atomic E-state index is -0.231. The maximum absolute atomic E-state index is 13.5. The van der Waals surface area contributed by atoms with E-state index in [4.69, 9.17) is 0 Å². The van der Waals surface area contributed by atoms with Gasteiger partial charge in [0.1, 0.15) is 5.82 Å². The van der Waals surface area contributed by atoms with E-state index in [-0.39, 0.29) is 5.82 Å². The second-order valence-corrected chi connectivity index (χ2v) is 7.03. The molecule has 27 heavy (non-hydrogen) atoms. The fourth-order valence-corrected chi connectivity index (χ4v) is 3.75. The van der Waals surface area contributed by atoms with E-state index in [1.165, 1.54) is 17.8 Å². The topological polar surface area (TPSA) is 43.6 Å². The molecule has 2 aromatic carbocycles. The number of rotatable bonds is 5. The van der Waals surface area contributed by atoms with Crippen LogP contribution in [0.3, 0.4) is 0 Å². The van der Waals surface area contributed by atoms with Gasteiger partial charge in [-0.3, -0.25) is 9.55 Å². The molecule has 0 spiro atoms. The van der Waals surface area contributed by atoms with Crippen molar-refractivity contribution >= 4 is 11.8 Å². The Morgan fingerprint density at radius 3 is 2.56 bits per heavy atom. The molecular formula is C21H17FN4S. The van der Waals surface area contributed by atoms with Crippen LogP contribution in [0.4, 0.5) is 4.39 Å². The van der Waals surface area contributed by atoms with Crippen molar-refractivity contribution in [3.05, 3.63) is 90.0 Å². The van der Waals surface area contributed by atoms with Gasteiger partial charge in [-0.2, -0.15) is 0 Å². The summed E-state index contributed by atoms with van der Waals surface area (Å²) >= 11 is 1.53. The lowest BCUT2D eigenvalue weighted by atomic mass is 10.2. The van der Waals surface area contributed by atoms with Gasteiger partial charge in [0.25, 0.3) is 0 Å². The highest BCUT2D eigenvalue weighted by molar-refractivity contribution is 7.98. The van der Waals surface area contributed by atoms with E-state index >= 15 is 0 Å². The monoisotopic (exact) mass is 376 g/mol. The Morgan fingerprint density at radius 2 is 1.78 bits per heavy atom. The standard InChI is InChI=1S/C21H17FN4S/c1-15-5-2-3-8-19(15)26-20(17-9-11-23-12-10-17)24-25-21(26)27-14-16-6-4-7-18(22)13-16/h2-13H,14H2,1H3. The molecule has 0 bridgehead atoms. The molecular weight excluding hydrogens is 359 g/mol. The van der Waals surface area contributed by atoms with Crippen LogP contribution in [0.1, 0.15) is 11.1 Å². The SMILES string of the molecule is Cc1ccccc1-n1c(SCc2cccc(F)c2)nnc1-c1ccncc1. The summed E-state index contributed by atoms with van der Waals surface area (Å²) in [6, 6.07) is 18.6. The quantitative estimate of drug-likeness (QED) is 0.456. The molecule has 4 aromatic rings. The van der Waals surface area contributed by atoms with Gasteiger partial charge in [-0.05, 0) is 48.4 Å². The third kappa shape index (κ3) is 3.75. The van der Waals surface area contributed by atoms with E-state index in [1.54, 1.807) is 24.5 Å². The number of hydrogen-bond donors (Lipinski definition) is 0. The minimum Gasteiger partial charge on any atom is -0.270 e. The first-order valence-electron chi connectivity index (χ1n) is 8.51. The van der Waals surface area contributed by atoms with Crippen molar-refractivity contribution in [2.75, 3.05) is 0 Å². The normalized spacial score (nSPS) is 10.9. The zero-order valence-electron chi connectivity index (χ0n) is 14.7. The summed E-state index contributed by atoms with van der Waals surface area (Å²) in [5, 5.41) is 9.60. The summed E-state index contributed by atoms with van der Waals surface area (Å²) in [6.45, 7) is 2.06.